The molecule has 0 radical (unpaired) electrons. The predicted molar refractivity (Wildman–Crippen MR) is 188 cm³/mol. The summed E-state index contributed by atoms with van der Waals surface area (Å²) in [4.78, 5) is 50.7. The summed E-state index contributed by atoms with van der Waals surface area (Å²) in [6, 6.07) is 17.1. The average molecular weight is 673 g/mol. The molecule has 0 aliphatic heterocycles. The maximum Gasteiger partial charge on any atom is 0.229 e. The van der Waals surface area contributed by atoms with Crippen molar-refractivity contribution in [3.05, 3.63) is 126 Å². The second-order valence-corrected chi connectivity index (χ2v) is 12.0. The van der Waals surface area contributed by atoms with Gasteiger partial charge in [-0.1, -0.05) is 30.3 Å². The van der Waals surface area contributed by atoms with E-state index in [2.05, 4.69) is 40.5 Å². The van der Waals surface area contributed by atoms with Crippen LogP contribution in [-0.4, -0.2) is 48.8 Å². The van der Waals surface area contributed by atoms with Crippen LogP contribution < -0.4 is 15.4 Å². The maximum absolute atomic E-state index is 12.5. The highest BCUT2D eigenvalue weighted by Gasteiger charge is 2.15. The molecule has 7 rings (SSSR count). The van der Waals surface area contributed by atoms with Crippen molar-refractivity contribution in [3.63, 3.8) is 0 Å². The zero-order valence-electron chi connectivity index (χ0n) is 25.6. The molecular weight excluding hydrogens is 645 g/mol. The largest absolute Gasteiger partial charge is 0.497 e. The number of hydrogen-bond acceptors (Lipinski definition) is 11. The van der Waals surface area contributed by atoms with Crippen LogP contribution in [0.1, 0.15) is 11.1 Å². The summed E-state index contributed by atoms with van der Waals surface area (Å²) >= 11 is 2.89. The Hall–Kier alpha value is -5.92. The fourth-order valence-electron chi connectivity index (χ4n) is 4.77. The van der Waals surface area contributed by atoms with Crippen LogP contribution in [0.4, 0.5) is 10.7 Å². The quantitative estimate of drug-likeness (QED) is 0.171. The van der Waals surface area contributed by atoms with Crippen molar-refractivity contribution in [1.29, 1.82) is 0 Å². The van der Waals surface area contributed by atoms with Gasteiger partial charge in [0.2, 0.25) is 11.8 Å². The van der Waals surface area contributed by atoms with Crippen LogP contribution in [0.15, 0.2) is 115 Å². The molecule has 2 aromatic carbocycles. The van der Waals surface area contributed by atoms with Crippen molar-refractivity contribution in [2.45, 2.75) is 12.8 Å². The zero-order chi connectivity index (χ0) is 33.1. The molecule has 11 nitrogen and oxygen atoms in total. The van der Waals surface area contributed by atoms with Crippen LogP contribution in [0.25, 0.3) is 32.7 Å². The lowest BCUT2D eigenvalue weighted by Gasteiger charge is -2.07. The zero-order valence-corrected chi connectivity index (χ0v) is 27.2. The number of thiophene rings is 1. The van der Waals surface area contributed by atoms with Gasteiger partial charge < -0.3 is 15.4 Å². The molecule has 238 valence electrons. The second-order valence-electron chi connectivity index (χ2n) is 10.2. The van der Waals surface area contributed by atoms with Gasteiger partial charge in [0, 0.05) is 42.6 Å². The highest BCUT2D eigenvalue weighted by atomic mass is 32.1. The summed E-state index contributed by atoms with van der Waals surface area (Å²) in [5.74, 6) is 0.606. The number of fused-ring (bicyclic) bond motifs is 1. The van der Waals surface area contributed by atoms with Gasteiger partial charge in [-0.2, -0.15) is 0 Å². The van der Waals surface area contributed by atoms with Crippen LogP contribution >= 0.6 is 22.7 Å². The van der Waals surface area contributed by atoms with E-state index < -0.39 is 0 Å². The number of benzene rings is 2. The lowest BCUT2D eigenvalue weighted by Crippen LogP contribution is -2.14. The molecule has 0 spiro atoms. The Balaban J connectivity index is 0.000000168. The number of ether oxygens (including phenoxy) is 1. The van der Waals surface area contributed by atoms with Crippen molar-refractivity contribution >= 4 is 55.9 Å². The number of nitrogens with zero attached hydrogens (tertiary/aromatic N) is 6. The molecule has 7 aromatic rings. The van der Waals surface area contributed by atoms with E-state index in [4.69, 9.17) is 4.74 Å². The van der Waals surface area contributed by atoms with E-state index in [1.54, 1.807) is 62.2 Å². The molecule has 0 unspecified atom stereocenters. The molecule has 0 aliphatic carbocycles. The Morgan fingerprint density at radius 2 is 1.48 bits per heavy atom. The first-order valence-electron chi connectivity index (χ1n) is 14.7. The molecule has 2 amide bonds. The minimum Gasteiger partial charge on any atom is -0.497 e. The first kappa shape index (κ1) is 32.0. The van der Waals surface area contributed by atoms with Gasteiger partial charge in [-0.3, -0.25) is 34.5 Å². The number of methoxy groups -OCH3 is 1. The Morgan fingerprint density at radius 1 is 0.729 bits per heavy atom. The highest BCUT2D eigenvalue weighted by Crippen LogP contribution is 2.32. The Bertz CT molecular complexity index is 2120. The number of carbonyl (C=O) groups excluding carboxylic acids is 2. The molecule has 48 heavy (non-hydrogen) atoms. The van der Waals surface area contributed by atoms with Crippen molar-refractivity contribution in [3.8, 4) is 27.7 Å². The number of hydrogen-bond donors (Lipinski definition) is 2. The van der Waals surface area contributed by atoms with Gasteiger partial charge in [0.1, 0.15) is 27.8 Å². The molecule has 13 heteroatoms. The first-order chi connectivity index (χ1) is 23.6. The lowest BCUT2D eigenvalue weighted by atomic mass is 10.0. The lowest BCUT2D eigenvalue weighted by molar-refractivity contribution is -0.116. The highest BCUT2D eigenvalue weighted by molar-refractivity contribution is 7.14. The van der Waals surface area contributed by atoms with Crippen LogP contribution in [-0.2, 0) is 22.4 Å². The van der Waals surface area contributed by atoms with Crippen molar-refractivity contribution < 1.29 is 14.3 Å². The predicted octanol–water partition coefficient (Wildman–Crippen LogP) is 6.72. The van der Waals surface area contributed by atoms with Gasteiger partial charge in [-0.25, -0.2) is 4.98 Å². The van der Waals surface area contributed by atoms with Gasteiger partial charge in [-0.15, -0.1) is 22.7 Å². The van der Waals surface area contributed by atoms with Gasteiger partial charge in [0.15, 0.2) is 0 Å². The van der Waals surface area contributed by atoms with Crippen LogP contribution in [0.3, 0.4) is 0 Å². The average Bonchev–Trinajstić information content (AvgIpc) is 3.79. The monoisotopic (exact) mass is 672 g/mol. The summed E-state index contributed by atoms with van der Waals surface area (Å²) in [6.45, 7) is 0. The number of thiazole rings is 1. The Morgan fingerprint density at radius 3 is 2.23 bits per heavy atom. The molecular formula is C35H28N8O3S2. The summed E-state index contributed by atoms with van der Waals surface area (Å²) in [6.07, 6.45) is 13.9. The van der Waals surface area contributed by atoms with Crippen molar-refractivity contribution in [2.24, 2.45) is 0 Å². The number of amides is 2. The van der Waals surface area contributed by atoms with E-state index in [1.165, 1.54) is 22.7 Å². The molecule has 5 aromatic heterocycles. The third kappa shape index (κ3) is 8.07. The molecule has 0 aliphatic rings. The third-order valence-corrected chi connectivity index (χ3v) is 8.69. The summed E-state index contributed by atoms with van der Waals surface area (Å²) in [5, 5.41) is 10.5. The van der Waals surface area contributed by atoms with E-state index in [0.717, 1.165) is 43.9 Å². The van der Waals surface area contributed by atoms with Gasteiger partial charge in [0.25, 0.3) is 0 Å². The Kier molecular flexibility index (Phi) is 10.4. The number of aromatic nitrogens is 6. The number of pyridine rings is 1. The Labute approximate surface area is 283 Å². The van der Waals surface area contributed by atoms with Gasteiger partial charge in [-0.05, 0) is 46.2 Å². The van der Waals surface area contributed by atoms with Gasteiger partial charge >= 0.3 is 0 Å². The normalized spacial score (nSPS) is 10.5. The minimum atomic E-state index is -0.0984. The second kappa shape index (κ2) is 15.6. The van der Waals surface area contributed by atoms with E-state index in [9.17, 15) is 9.59 Å². The fraction of sp³-hybridized carbons (Fsp3) is 0.0857. The molecule has 0 saturated carbocycles. The smallest absolute Gasteiger partial charge is 0.229 e. The van der Waals surface area contributed by atoms with E-state index in [1.807, 2.05) is 60.0 Å². The SMILES string of the molecule is COc1ccc(CC(=O)Nc2ccsc2-c2cnccn2)cc1.O=C(Cc1cccc2cnccc12)Nc1scnc1-c1cnccn1. The molecule has 0 atom stereocenters. The van der Waals surface area contributed by atoms with Crippen molar-refractivity contribution in [2.75, 3.05) is 17.7 Å². The number of rotatable bonds is 9. The van der Waals surface area contributed by atoms with E-state index in [0.29, 0.717) is 22.8 Å². The van der Waals surface area contributed by atoms with E-state index in [-0.39, 0.29) is 18.2 Å². The summed E-state index contributed by atoms with van der Waals surface area (Å²) in [5.41, 5.74) is 6.35. The van der Waals surface area contributed by atoms with E-state index >= 15 is 0 Å². The maximum atomic E-state index is 12.5. The van der Waals surface area contributed by atoms with Crippen molar-refractivity contribution in [1.82, 2.24) is 29.9 Å². The molecule has 0 fully saturated rings. The third-order valence-electron chi connectivity index (χ3n) is 7.01. The molecule has 0 saturated heterocycles. The molecule has 2 N–H and O–H groups in total. The number of nitrogens with one attached hydrogen (secondary N) is 2. The van der Waals surface area contributed by atoms with Crippen LogP contribution in [0.5, 0.6) is 5.75 Å². The topological polar surface area (TPSA) is 145 Å². The number of anilines is 2. The minimum absolute atomic E-state index is 0.0706. The van der Waals surface area contributed by atoms with Crippen LogP contribution in [0, 0.1) is 0 Å². The summed E-state index contributed by atoms with van der Waals surface area (Å²) < 4.78 is 5.11. The van der Waals surface area contributed by atoms with Gasteiger partial charge in [0.05, 0.1) is 48.4 Å². The number of carbonyl (C=O) groups is 2. The molecule has 5 heterocycles. The summed E-state index contributed by atoms with van der Waals surface area (Å²) in [7, 11) is 1.62. The van der Waals surface area contributed by atoms with Crippen LogP contribution in [0.2, 0.25) is 0 Å². The first-order valence-corrected chi connectivity index (χ1v) is 16.4. The standard InChI is InChI=1S/C18H13N5OS.C17H15N3O2S/c24-16(8-12-2-1-3-13-9-19-5-4-14(12)13)23-18-17(22-11-25-18)15-10-20-6-7-21-15;1-22-13-4-2-12(3-5-13)10-16(21)20-14-6-9-23-17(14)15-11-18-7-8-19-15/h1-7,9-11H,8H2,(H,23,24);2-9,11H,10H2,1H3,(H,20,21). The molecule has 0 bridgehead atoms. The fourth-order valence-corrected chi connectivity index (χ4v) is 6.29.